The predicted molar refractivity (Wildman–Crippen MR) is 86.8 cm³/mol. The number of aryl methyl sites for hydroxylation is 1. The summed E-state index contributed by atoms with van der Waals surface area (Å²) in [5.74, 6) is 2.78. The first-order valence-electron chi connectivity index (χ1n) is 8.52. The van der Waals surface area contributed by atoms with Crippen LogP contribution < -0.4 is 0 Å². The molecule has 5 atom stereocenters. The zero-order valence-electron chi connectivity index (χ0n) is 13.2. The zero-order chi connectivity index (χ0) is 15.5. The van der Waals surface area contributed by atoms with Gasteiger partial charge in [0, 0.05) is 11.8 Å². The summed E-state index contributed by atoms with van der Waals surface area (Å²) in [4.78, 5) is 12.6. The Kier molecular flexibility index (Phi) is 3.01. The quantitative estimate of drug-likeness (QED) is 0.787. The molecule has 2 heteroatoms. The monoisotopic (exact) mass is 296 g/mol. The second kappa shape index (κ2) is 4.71. The van der Waals surface area contributed by atoms with Gasteiger partial charge in [-0.3, -0.25) is 4.79 Å². The average molecular weight is 296 g/mol. The number of rotatable bonds is 1. The van der Waals surface area contributed by atoms with Crippen LogP contribution in [0.15, 0.2) is 30.9 Å². The molecule has 0 aliphatic heterocycles. The SMILES string of the molecule is C=CC1CC(=O)C2(C)CCC3c4ccc(O)cc4CCC3C12. The standard InChI is InChI=1S/C20H24O2/c1-3-12-11-18(22)20(2)9-8-16-15-7-5-14(21)10-13(15)4-6-17(16)19(12)20/h3,5,7,10,12,16-17,19,21H,1,4,6,8-9,11H2,2H3. The predicted octanol–water partition coefficient (Wildman–Crippen LogP) is 4.23. The van der Waals surface area contributed by atoms with E-state index >= 15 is 0 Å². The van der Waals surface area contributed by atoms with Crippen molar-refractivity contribution in [2.45, 2.75) is 44.9 Å². The zero-order valence-corrected chi connectivity index (χ0v) is 13.2. The van der Waals surface area contributed by atoms with Crippen LogP contribution in [0.4, 0.5) is 0 Å². The van der Waals surface area contributed by atoms with Crippen molar-refractivity contribution >= 4 is 5.78 Å². The lowest BCUT2D eigenvalue weighted by Crippen LogP contribution is -2.44. The summed E-state index contributed by atoms with van der Waals surface area (Å²) in [6.45, 7) is 6.21. The van der Waals surface area contributed by atoms with Gasteiger partial charge in [-0.25, -0.2) is 0 Å². The molecule has 0 amide bonds. The van der Waals surface area contributed by atoms with Gasteiger partial charge in [-0.2, -0.15) is 0 Å². The maximum atomic E-state index is 12.6. The molecule has 0 bridgehead atoms. The van der Waals surface area contributed by atoms with Gasteiger partial charge in [0.05, 0.1) is 0 Å². The number of carbonyl (C=O) groups is 1. The molecule has 1 aromatic carbocycles. The van der Waals surface area contributed by atoms with Crippen LogP contribution in [0.1, 0.15) is 49.7 Å². The number of phenols is 1. The fourth-order valence-corrected chi connectivity index (χ4v) is 5.74. The van der Waals surface area contributed by atoms with Crippen LogP contribution in [-0.4, -0.2) is 10.9 Å². The fourth-order valence-electron chi connectivity index (χ4n) is 5.74. The molecule has 2 nitrogen and oxygen atoms in total. The molecule has 3 aliphatic rings. The van der Waals surface area contributed by atoms with Crippen molar-refractivity contribution in [3.8, 4) is 5.75 Å². The molecule has 4 rings (SSSR count). The molecule has 1 N–H and O–H groups in total. The van der Waals surface area contributed by atoms with Gasteiger partial charge in [0.15, 0.2) is 0 Å². The van der Waals surface area contributed by atoms with Crippen LogP contribution in [-0.2, 0) is 11.2 Å². The van der Waals surface area contributed by atoms with Crippen molar-refractivity contribution in [3.63, 3.8) is 0 Å². The lowest BCUT2D eigenvalue weighted by molar-refractivity contribution is -0.129. The summed E-state index contributed by atoms with van der Waals surface area (Å²) < 4.78 is 0. The van der Waals surface area contributed by atoms with Crippen molar-refractivity contribution in [3.05, 3.63) is 42.0 Å². The Morgan fingerprint density at radius 2 is 2.18 bits per heavy atom. The number of allylic oxidation sites excluding steroid dienone is 1. The summed E-state index contributed by atoms with van der Waals surface area (Å²) in [6, 6.07) is 5.87. The smallest absolute Gasteiger partial charge is 0.139 e. The van der Waals surface area contributed by atoms with Crippen LogP contribution in [0.5, 0.6) is 5.75 Å². The molecule has 1 aromatic rings. The maximum Gasteiger partial charge on any atom is 0.139 e. The molecule has 2 saturated carbocycles. The maximum absolute atomic E-state index is 12.6. The molecule has 0 spiro atoms. The number of fused-ring (bicyclic) bond motifs is 5. The van der Waals surface area contributed by atoms with Gasteiger partial charge in [-0.05, 0) is 72.6 Å². The molecular formula is C20H24O2. The van der Waals surface area contributed by atoms with Gasteiger partial charge in [0.2, 0.25) is 0 Å². The first-order chi connectivity index (χ1) is 10.5. The molecule has 0 heterocycles. The Labute approximate surface area is 132 Å². The number of aromatic hydroxyl groups is 1. The third-order valence-corrected chi connectivity index (χ3v) is 6.78. The highest BCUT2D eigenvalue weighted by Crippen LogP contribution is 2.61. The van der Waals surface area contributed by atoms with E-state index in [0.29, 0.717) is 41.6 Å². The van der Waals surface area contributed by atoms with E-state index in [-0.39, 0.29) is 5.41 Å². The number of hydrogen-bond acceptors (Lipinski definition) is 2. The van der Waals surface area contributed by atoms with E-state index in [9.17, 15) is 9.90 Å². The number of carbonyl (C=O) groups excluding carboxylic acids is 1. The second-order valence-electron chi connectivity index (χ2n) is 7.70. The van der Waals surface area contributed by atoms with E-state index in [4.69, 9.17) is 0 Å². The van der Waals surface area contributed by atoms with Gasteiger partial charge in [-0.1, -0.05) is 19.1 Å². The molecule has 3 aliphatic carbocycles. The van der Waals surface area contributed by atoms with Crippen molar-refractivity contribution in [2.75, 3.05) is 0 Å². The van der Waals surface area contributed by atoms with Crippen LogP contribution in [0.3, 0.4) is 0 Å². The van der Waals surface area contributed by atoms with Gasteiger partial charge in [-0.15, -0.1) is 6.58 Å². The molecule has 116 valence electrons. The van der Waals surface area contributed by atoms with E-state index in [1.54, 1.807) is 0 Å². The summed E-state index contributed by atoms with van der Waals surface area (Å²) in [7, 11) is 0. The third-order valence-electron chi connectivity index (χ3n) is 6.78. The minimum absolute atomic E-state index is 0.131. The number of phenolic OH excluding ortho intramolecular Hbond substituents is 1. The van der Waals surface area contributed by atoms with Gasteiger partial charge >= 0.3 is 0 Å². The van der Waals surface area contributed by atoms with Crippen LogP contribution in [0.2, 0.25) is 0 Å². The van der Waals surface area contributed by atoms with Gasteiger partial charge in [0.25, 0.3) is 0 Å². The molecule has 0 saturated heterocycles. The van der Waals surface area contributed by atoms with Crippen LogP contribution in [0, 0.1) is 23.2 Å². The minimum atomic E-state index is -0.131. The average Bonchev–Trinajstić information content (AvgIpc) is 2.78. The first kappa shape index (κ1) is 14.0. The lowest BCUT2D eigenvalue weighted by atomic mass is 9.54. The topological polar surface area (TPSA) is 37.3 Å². The van der Waals surface area contributed by atoms with Crippen LogP contribution >= 0.6 is 0 Å². The van der Waals surface area contributed by atoms with E-state index < -0.39 is 0 Å². The number of benzene rings is 1. The molecule has 22 heavy (non-hydrogen) atoms. The summed E-state index contributed by atoms with van der Waals surface area (Å²) in [5, 5.41) is 9.73. The Bertz CT molecular complexity index is 647. The summed E-state index contributed by atoms with van der Waals surface area (Å²) in [6.07, 6.45) is 6.99. The first-order valence-corrected chi connectivity index (χ1v) is 8.52. The molecular weight excluding hydrogens is 272 g/mol. The van der Waals surface area contributed by atoms with Crippen molar-refractivity contribution < 1.29 is 9.90 Å². The molecule has 2 fully saturated rings. The molecule has 5 unspecified atom stereocenters. The Hall–Kier alpha value is -1.57. The Balaban J connectivity index is 1.76. The normalized spacial score (nSPS) is 39.8. The fraction of sp³-hybridized carbons (Fsp3) is 0.550. The number of hydrogen-bond donors (Lipinski definition) is 1. The molecule has 0 radical (unpaired) electrons. The summed E-state index contributed by atoms with van der Waals surface area (Å²) >= 11 is 0. The number of Topliss-reactive ketones (excluding diaryl/α,β-unsaturated/α-hetero) is 1. The van der Waals surface area contributed by atoms with Gasteiger partial charge < -0.3 is 5.11 Å². The summed E-state index contributed by atoms with van der Waals surface area (Å²) in [5.41, 5.74) is 2.59. The highest BCUT2D eigenvalue weighted by atomic mass is 16.3. The van der Waals surface area contributed by atoms with E-state index in [0.717, 1.165) is 25.7 Å². The second-order valence-corrected chi connectivity index (χ2v) is 7.70. The highest BCUT2D eigenvalue weighted by Gasteiger charge is 2.57. The van der Waals surface area contributed by atoms with E-state index in [1.165, 1.54) is 11.1 Å². The number of ketones is 1. The minimum Gasteiger partial charge on any atom is -0.508 e. The third kappa shape index (κ3) is 1.76. The molecule has 0 aromatic heterocycles. The lowest BCUT2D eigenvalue weighted by Gasteiger charge is -2.49. The highest BCUT2D eigenvalue weighted by molar-refractivity contribution is 5.88. The Morgan fingerprint density at radius 1 is 1.36 bits per heavy atom. The van der Waals surface area contributed by atoms with Crippen LogP contribution in [0.25, 0.3) is 0 Å². The van der Waals surface area contributed by atoms with Crippen molar-refractivity contribution in [1.82, 2.24) is 0 Å². The van der Waals surface area contributed by atoms with E-state index in [2.05, 4.69) is 19.6 Å². The Morgan fingerprint density at radius 3 is 2.95 bits per heavy atom. The van der Waals surface area contributed by atoms with Gasteiger partial charge in [0.1, 0.15) is 11.5 Å². The van der Waals surface area contributed by atoms with E-state index in [1.807, 2.05) is 18.2 Å². The van der Waals surface area contributed by atoms with Crippen molar-refractivity contribution in [1.29, 1.82) is 0 Å². The van der Waals surface area contributed by atoms with Crippen molar-refractivity contribution in [2.24, 2.45) is 23.2 Å². The largest absolute Gasteiger partial charge is 0.508 e.